The summed E-state index contributed by atoms with van der Waals surface area (Å²) in [4.78, 5) is 0. The highest BCUT2D eigenvalue weighted by atomic mass is 19.4. The lowest BCUT2D eigenvalue weighted by Gasteiger charge is -2.23. The van der Waals surface area contributed by atoms with Crippen LogP contribution in [0.5, 0.6) is 0 Å². The topological polar surface area (TPSA) is 12.0 Å². The molecular weight excluding hydrogens is 239 g/mol. The Morgan fingerprint density at radius 2 is 1.83 bits per heavy atom. The fourth-order valence-corrected chi connectivity index (χ4v) is 2.37. The van der Waals surface area contributed by atoms with E-state index >= 15 is 0 Å². The van der Waals surface area contributed by atoms with Crippen molar-refractivity contribution in [3.63, 3.8) is 0 Å². The SMILES string of the molecule is FC(F)(F)c1ccc(CCC2CCCCN2)cc1. The lowest BCUT2D eigenvalue weighted by molar-refractivity contribution is -0.137. The van der Waals surface area contributed by atoms with Gasteiger partial charge in [0.15, 0.2) is 0 Å². The van der Waals surface area contributed by atoms with Gasteiger partial charge in [-0.2, -0.15) is 13.2 Å². The average molecular weight is 257 g/mol. The minimum atomic E-state index is -4.23. The molecule has 100 valence electrons. The summed E-state index contributed by atoms with van der Waals surface area (Å²) in [6.07, 6.45) is 1.28. The zero-order valence-corrected chi connectivity index (χ0v) is 10.3. The number of nitrogens with one attached hydrogen (secondary N) is 1. The molecule has 0 spiro atoms. The Kier molecular flexibility index (Phi) is 4.27. The molecule has 0 saturated carbocycles. The van der Waals surface area contributed by atoms with Crippen molar-refractivity contribution in [2.24, 2.45) is 0 Å². The van der Waals surface area contributed by atoms with Crippen molar-refractivity contribution in [2.45, 2.75) is 44.3 Å². The van der Waals surface area contributed by atoms with E-state index in [0.29, 0.717) is 6.04 Å². The molecule has 1 aromatic rings. The highest BCUT2D eigenvalue weighted by Crippen LogP contribution is 2.29. The number of rotatable bonds is 3. The summed E-state index contributed by atoms with van der Waals surface area (Å²) in [5.74, 6) is 0. The molecule has 1 atom stereocenters. The highest BCUT2D eigenvalue weighted by molar-refractivity contribution is 5.24. The van der Waals surface area contributed by atoms with E-state index in [1.807, 2.05) is 0 Å². The number of aryl methyl sites for hydroxylation is 1. The molecule has 1 aliphatic heterocycles. The summed E-state index contributed by atoms with van der Waals surface area (Å²) >= 11 is 0. The van der Waals surface area contributed by atoms with Crippen LogP contribution in [0.25, 0.3) is 0 Å². The van der Waals surface area contributed by atoms with Crippen molar-refractivity contribution < 1.29 is 13.2 Å². The molecule has 0 bridgehead atoms. The van der Waals surface area contributed by atoms with Gasteiger partial charge in [0.1, 0.15) is 0 Å². The number of alkyl halides is 3. The molecule has 1 aliphatic rings. The second-order valence-electron chi connectivity index (χ2n) is 4.88. The lowest BCUT2D eigenvalue weighted by atomic mass is 9.97. The van der Waals surface area contributed by atoms with Crippen LogP contribution in [0.4, 0.5) is 13.2 Å². The summed E-state index contributed by atoms with van der Waals surface area (Å²) in [6, 6.07) is 6.05. The van der Waals surface area contributed by atoms with Gasteiger partial charge in [-0.3, -0.25) is 0 Å². The maximum Gasteiger partial charge on any atom is 0.416 e. The minimum absolute atomic E-state index is 0.529. The molecule has 0 amide bonds. The first-order valence-corrected chi connectivity index (χ1v) is 6.45. The standard InChI is InChI=1S/C14H18F3N/c15-14(16,17)12-7-4-11(5-8-12)6-9-13-3-1-2-10-18-13/h4-5,7-8,13,18H,1-3,6,9-10H2. The molecule has 1 nitrogen and oxygen atoms in total. The fourth-order valence-electron chi connectivity index (χ4n) is 2.37. The maximum atomic E-state index is 12.4. The van der Waals surface area contributed by atoms with Crippen molar-refractivity contribution in [1.82, 2.24) is 5.32 Å². The zero-order chi connectivity index (χ0) is 13.0. The molecule has 1 heterocycles. The van der Waals surface area contributed by atoms with Crippen molar-refractivity contribution in [3.05, 3.63) is 35.4 Å². The molecular formula is C14H18F3N. The van der Waals surface area contributed by atoms with E-state index in [2.05, 4.69) is 5.32 Å². The predicted molar refractivity (Wildman–Crippen MR) is 65.4 cm³/mol. The van der Waals surface area contributed by atoms with Crippen LogP contribution in [0, 0.1) is 0 Å². The molecule has 4 heteroatoms. The van der Waals surface area contributed by atoms with E-state index < -0.39 is 11.7 Å². The zero-order valence-electron chi connectivity index (χ0n) is 10.3. The van der Waals surface area contributed by atoms with E-state index in [-0.39, 0.29) is 0 Å². The van der Waals surface area contributed by atoms with Crippen LogP contribution in [-0.2, 0) is 12.6 Å². The van der Waals surface area contributed by atoms with E-state index in [1.165, 1.54) is 31.4 Å². The van der Waals surface area contributed by atoms with Crippen LogP contribution in [0.1, 0.15) is 36.8 Å². The Morgan fingerprint density at radius 3 is 2.39 bits per heavy atom. The Morgan fingerprint density at radius 1 is 1.11 bits per heavy atom. The molecule has 1 fully saturated rings. The smallest absolute Gasteiger partial charge is 0.314 e. The maximum absolute atomic E-state index is 12.4. The van der Waals surface area contributed by atoms with Gasteiger partial charge >= 0.3 is 6.18 Å². The van der Waals surface area contributed by atoms with Crippen LogP contribution >= 0.6 is 0 Å². The number of benzene rings is 1. The van der Waals surface area contributed by atoms with Crippen LogP contribution in [0.3, 0.4) is 0 Å². The highest BCUT2D eigenvalue weighted by Gasteiger charge is 2.29. The van der Waals surface area contributed by atoms with E-state index in [9.17, 15) is 13.2 Å². The third kappa shape index (κ3) is 3.73. The van der Waals surface area contributed by atoms with E-state index in [0.717, 1.165) is 24.9 Å². The van der Waals surface area contributed by atoms with Gasteiger partial charge < -0.3 is 5.32 Å². The van der Waals surface area contributed by atoms with Crippen molar-refractivity contribution in [2.75, 3.05) is 6.54 Å². The summed E-state index contributed by atoms with van der Waals surface area (Å²) in [5.41, 5.74) is 0.414. The van der Waals surface area contributed by atoms with Crippen molar-refractivity contribution in [3.8, 4) is 0 Å². The normalized spacial score (nSPS) is 20.9. The van der Waals surface area contributed by atoms with Gasteiger partial charge in [0.05, 0.1) is 5.56 Å². The molecule has 1 saturated heterocycles. The van der Waals surface area contributed by atoms with Gasteiger partial charge in [0, 0.05) is 6.04 Å². The molecule has 0 radical (unpaired) electrons. The summed E-state index contributed by atoms with van der Waals surface area (Å²) < 4.78 is 37.2. The third-order valence-electron chi connectivity index (χ3n) is 3.48. The number of hydrogen-bond donors (Lipinski definition) is 1. The van der Waals surface area contributed by atoms with Crippen LogP contribution < -0.4 is 5.32 Å². The molecule has 1 aromatic carbocycles. The first kappa shape index (κ1) is 13.4. The summed E-state index contributed by atoms with van der Waals surface area (Å²) in [7, 11) is 0. The van der Waals surface area contributed by atoms with E-state index in [4.69, 9.17) is 0 Å². The second-order valence-corrected chi connectivity index (χ2v) is 4.88. The van der Waals surface area contributed by atoms with Gasteiger partial charge in [0.2, 0.25) is 0 Å². The summed E-state index contributed by atoms with van der Waals surface area (Å²) in [5, 5.41) is 3.44. The van der Waals surface area contributed by atoms with Crippen LogP contribution in [0.15, 0.2) is 24.3 Å². The van der Waals surface area contributed by atoms with Crippen LogP contribution in [-0.4, -0.2) is 12.6 Å². The molecule has 2 rings (SSSR count). The quantitative estimate of drug-likeness (QED) is 0.869. The summed E-state index contributed by atoms with van der Waals surface area (Å²) in [6.45, 7) is 1.07. The first-order chi connectivity index (χ1) is 8.55. The Labute approximate surface area is 105 Å². The largest absolute Gasteiger partial charge is 0.416 e. The number of piperidine rings is 1. The van der Waals surface area contributed by atoms with Gasteiger partial charge in [-0.05, 0) is 49.9 Å². The van der Waals surface area contributed by atoms with Gasteiger partial charge in [-0.15, -0.1) is 0 Å². The Balaban J connectivity index is 1.86. The third-order valence-corrected chi connectivity index (χ3v) is 3.48. The molecule has 1 N–H and O–H groups in total. The van der Waals surface area contributed by atoms with Crippen LogP contribution in [0.2, 0.25) is 0 Å². The Bertz CT molecular complexity index is 364. The lowest BCUT2D eigenvalue weighted by Crippen LogP contribution is -2.34. The number of hydrogen-bond acceptors (Lipinski definition) is 1. The average Bonchev–Trinajstić information content (AvgIpc) is 2.37. The van der Waals surface area contributed by atoms with Crippen molar-refractivity contribution >= 4 is 0 Å². The molecule has 1 unspecified atom stereocenters. The fraction of sp³-hybridized carbons (Fsp3) is 0.571. The molecule has 0 aromatic heterocycles. The first-order valence-electron chi connectivity index (χ1n) is 6.45. The van der Waals surface area contributed by atoms with E-state index in [1.54, 1.807) is 12.1 Å². The van der Waals surface area contributed by atoms with Gasteiger partial charge in [-0.25, -0.2) is 0 Å². The number of halogens is 3. The monoisotopic (exact) mass is 257 g/mol. The van der Waals surface area contributed by atoms with Gasteiger partial charge in [-0.1, -0.05) is 18.6 Å². The molecule has 0 aliphatic carbocycles. The second kappa shape index (κ2) is 5.74. The Hall–Kier alpha value is -1.03. The molecule has 18 heavy (non-hydrogen) atoms. The van der Waals surface area contributed by atoms with Gasteiger partial charge in [0.25, 0.3) is 0 Å². The van der Waals surface area contributed by atoms with Crippen molar-refractivity contribution in [1.29, 1.82) is 0 Å². The minimum Gasteiger partial charge on any atom is -0.314 e. The predicted octanol–water partition coefficient (Wildman–Crippen LogP) is 3.78.